The number of nitrogens with zero attached hydrogens (tertiary/aromatic N) is 4. The van der Waals surface area contributed by atoms with Crippen LogP contribution in [-0.4, -0.2) is 24.9 Å². The first-order valence-corrected chi connectivity index (χ1v) is 6.41. The Morgan fingerprint density at radius 2 is 2.05 bits per heavy atom. The van der Waals surface area contributed by atoms with E-state index in [2.05, 4.69) is 31.0 Å². The summed E-state index contributed by atoms with van der Waals surface area (Å²) >= 11 is 0. The van der Waals surface area contributed by atoms with Crippen LogP contribution in [0.5, 0.6) is 0 Å². The van der Waals surface area contributed by atoms with E-state index in [0.717, 1.165) is 34.8 Å². The van der Waals surface area contributed by atoms with Crippen LogP contribution in [0.3, 0.4) is 0 Å². The molecule has 1 saturated carbocycles. The fourth-order valence-electron chi connectivity index (χ4n) is 2.50. The molecule has 94 valence electrons. The Kier molecular flexibility index (Phi) is 2.15. The van der Waals surface area contributed by atoms with Crippen LogP contribution < -0.4 is 0 Å². The quantitative estimate of drug-likeness (QED) is 0.759. The van der Waals surface area contributed by atoms with E-state index in [-0.39, 0.29) is 0 Å². The van der Waals surface area contributed by atoms with Crippen molar-refractivity contribution < 1.29 is 0 Å². The van der Waals surface area contributed by atoms with Crippen molar-refractivity contribution in [3.05, 3.63) is 47.9 Å². The lowest BCUT2D eigenvalue weighted by atomic mass is 10.2. The molecule has 5 heteroatoms. The van der Waals surface area contributed by atoms with Gasteiger partial charge in [-0.3, -0.25) is 0 Å². The van der Waals surface area contributed by atoms with Gasteiger partial charge in [-0.15, -0.1) is 0 Å². The van der Waals surface area contributed by atoms with Crippen molar-refractivity contribution in [2.24, 2.45) is 0 Å². The molecule has 0 radical (unpaired) electrons. The molecule has 1 fully saturated rings. The molecule has 3 aromatic heterocycles. The number of fused-ring (bicyclic) bond motifs is 1. The van der Waals surface area contributed by atoms with Gasteiger partial charge in [-0.1, -0.05) is 0 Å². The first-order valence-electron chi connectivity index (χ1n) is 6.41. The lowest BCUT2D eigenvalue weighted by molar-refractivity contribution is 0.867. The number of aromatic amines is 1. The monoisotopic (exact) mass is 251 g/mol. The molecule has 19 heavy (non-hydrogen) atoms. The minimum atomic E-state index is 0.410. The smallest absolute Gasteiger partial charge is 0.157 e. The van der Waals surface area contributed by atoms with Crippen molar-refractivity contribution in [2.45, 2.75) is 25.2 Å². The molecule has 2 atom stereocenters. The zero-order valence-corrected chi connectivity index (χ0v) is 10.5. The summed E-state index contributed by atoms with van der Waals surface area (Å²) in [5, 5.41) is 0. The van der Waals surface area contributed by atoms with Gasteiger partial charge in [0.05, 0.1) is 6.33 Å². The van der Waals surface area contributed by atoms with Crippen LogP contribution in [0, 0.1) is 6.92 Å². The molecule has 5 nitrogen and oxygen atoms in total. The van der Waals surface area contributed by atoms with Crippen molar-refractivity contribution in [2.75, 3.05) is 0 Å². The lowest BCUT2D eigenvalue weighted by Crippen LogP contribution is -1.96. The van der Waals surface area contributed by atoms with E-state index in [1.807, 2.05) is 25.3 Å². The molecule has 0 saturated heterocycles. The molecular formula is C14H13N5. The zero-order chi connectivity index (χ0) is 12.8. The molecule has 0 spiro atoms. The number of H-pyrrole nitrogens is 1. The molecule has 3 heterocycles. The molecule has 0 bridgehead atoms. The SMILES string of the molecule is Cc1ccnc([C@H]2C[C@@H]2c2ccc3nc[nH]c3n2)n1. The van der Waals surface area contributed by atoms with E-state index in [1.54, 1.807) is 6.33 Å². The summed E-state index contributed by atoms with van der Waals surface area (Å²) in [7, 11) is 0. The van der Waals surface area contributed by atoms with Crippen LogP contribution in [0.4, 0.5) is 0 Å². The second kappa shape index (κ2) is 3.85. The van der Waals surface area contributed by atoms with Crippen LogP contribution >= 0.6 is 0 Å². The summed E-state index contributed by atoms with van der Waals surface area (Å²) < 4.78 is 0. The first kappa shape index (κ1) is 10.6. The van der Waals surface area contributed by atoms with Gasteiger partial charge in [-0.2, -0.15) is 0 Å². The van der Waals surface area contributed by atoms with Gasteiger partial charge in [0.2, 0.25) is 0 Å². The maximum absolute atomic E-state index is 4.62. The van der Waals surface area contributed by atoms with Crippen LogP contribution in [0.2, 0.25) is 0 Å². The van der Waals surface area contributed by atoms with Crippen LogP contribution in [0.25, 0.3) is 11.2 Å². The van der Waals surface area contributed by atoms with E-state index in [1.165, 1.54) is 0 Å². The zero-order valence-electron chi connectivity index (χ0n) is 10.5. The highest BCUT2D eigenvalue weighted by atomic mass is 15.0. The molecule has 0 aliphatic heterocycles. The molecule has 4 rings (SSSR count). The van der Waals surface area contributed by atoms with Gasteiger partial charge in [0, 0.05) is 29.4 Å². The Bertz CT molecular complexity index is 748. The predicted octanol–water partition coefficient (Wildman–Crippen LogP) is 2.33. The molecular weight excluding hydrogens is 238 g/mol. The largest absolute Gasteiger partial charge is 0.329 e. The summed E-state index contributed by atoms with van der Waals surface area (Å²) in [6, 6.07) is 6.00. The van der Waals surface area contributed by atoms with Gasteiger partial charge >= 0.3 is 0 Å². The standard InChI is InChI=1S/C14H13N5/c1-8-4-5-15-13(18-8)10-6-9(10)11-2-3-12-14(19-11)17-7-16-12/h2-5,7,9-10H,6H2,1H3,(H,16,17,19)/t9-,10-/m0/s1. The van der Waals surface area contributed by atoms with E-state index in [0.29, 0.717) is 11.8 Å². The van der Waals surface area contributed by atoms with E-state index in [4.69, 9.17) is 0 Å². The predicted molar refractivity (Wildman–Crippen MR) is 70.8 cm³/mol. The Labute approximate surface area is 110 Å². The Hall–Kier alpha value is -2.30. The van der Waals surface area contributed by atoms with Gasteiger partial charge in [-0.05, 0) is 31.5 Å². The molecule has 0 aromatic carbocycles. The number of imidazole rings is 1. The maximum Gasteiger partial charge on any atom is 0.157 e. The van der Waals surface area contributed by atoms with Gasteiger partial charge in [0.15, 0.2) is 5.65 Å². The summed E-state index contributed by atoms with van der Waals surface area (Å²) in [6.45, 7) is 2.00. The topological polar surface area (TPSA) is 67.3 Å². The first-order chi connectivity index (χ1) is 9.31. The fraction of sp³-hybridized carbons (Fsp3) is 0.286. The molecule has 3 aromatic rings. The summed E-state index contributed by atoms with van der Waals surface area (Å²) in [5.74, 6) is 1.79. The third-order valence-electron chi connectivity index (χ3n) is 3.62. The van der Waals surface area contributed by atoms with Gasteiger partial charge in [0.1, 0.15) is 11.3 Å². The number of pyridine rings is 1. The summed E-state index contributed by atoms with van der Waals surface area (Å²) in [6.07, 6.45) is 4.59. The Morgan fingerprint density at radius 3 is 2.95 bits per heavy atom. The average molecular weight is 251 g/mol. The Balaban J connectivity index is 1.64. The number of hydrogen-bond acceptors (Lipinski definition) is 4. The maximum atomic E-state index is 4.62. The highest BCUT2D eigenvalue weighted by molar-refractivity contribution is 5.69. The highest BCUT2D eigenvalue weighted by Crippen LogP contribution is 2.52. The van der Waals surface area contributed by atoms with Crippen LogP contribution in [-0.2, 0) is 0 Å². The van der Waals surface area contributed by atoms with E-state index >= 15 is 0 Å². The van der Waals surface area contributed by atoms with E-state index < -0.39 is 0 Å². The van der Waals surface area contributed by atoms with Gasteiger partial charge in [-0.25, -0.2) is 19.9 Å². The molecule has 1 aliphatic carbocycles. The molecule has 0 amide bonds. The third-order valence-corrected chi connectivity index (χ3v) is 3.62. The van der Waals surface area contributed by atoms with Crippen LogP contribution in [0.1, 0.15) is 35.5 Å². The molecule has 1 aliphatic rings. The number of aromatic nitrogens is 5. The highest BCUT2D eigenvalue weighted by Gasteiger charge is 2.42. The fourth-order valence-corrected chi connectivity index (χ4v) is 2.50. The Morgan fingerprint density at radius 1 is 1.11 bits per heavy atom. The minimum absolute atomic E-state index is 0.410. The van der Waals surface area contributed by atoms with Crippen molar-refractivity contribution in [1.82, 2.24) is 24.9 Å². The van der Waals surface area contributed by atoms with Crippen molar-refractivity contribution in [3.63, 3.8) is 0 Å². The average Bonchev–Trinajstić information content (AvgIpc) is 3.09. The van der Waals surface area contributed by atoms with Crippen LogP contribution in [0.15, 0.2) is 30.7 Å². The number of nitrogens with one attached hydrogen (secondary N) is 1. The minimum Gasteiger partial charge on any atom is -0.329 e. The van der Waals surface area contributed by atoms with Crippen molar-refractivity contribution >= 4 is 11.2 Å². The van der Waals surface area contributed by atoms with Crippen molar-refractivity contribution in [1.29, 1.82) is 0 Å². The number of aryl methyl sites for hydroxylation is 1. The van der Waals surface area contributed by atoms with E-state index in [9.17, 15) is 0 Å². The summed E-state index contributed by atoms with van der Waals surface area (Å²) in [5.41, 5.74) is 3.89. The lowest BCUT2D eigenvalue weighted by Gasteiger charge is -2.00. The molecule has 1 N–H and O–H groups in total. The second-order valence-corrected chi connectivity index (χ2v) is 5.01. The van der Waals surface area contributed by atoms with Gasteiger partial charge < -0.3 is 4.98 Å². The third kappa shape index (κ3) is 1.78. The van der Waals surface area contributed by atoms with Crippen molar-refractivity contribution in [3.8, 4) is 0 Å². The molecule has 0 unspecified atom stereocenters. The number of rotatable bonds is 2. The summed E-state index contributed by atoms with van der Waals surface area (Å²) in [4.78, 5) is 20.7. The second-order valence-electron chi connectivity index (χ2n) is 5.01. The normalized spacial score (nSPS) is 21.7. The van der Waals surface area contributed by atoms with Gasteiger partial charge in [0.25, 0.3) is 0 Å². The number of hydrogen-bond donors (Lipinski definition) is 1.